The normalized spacial score (nSPS) is 19.5. The van der Waals surface area contributed by atoms with E-state index in [2.05, 4.69) is 4.72 Å². The lowest BCUT2D eigenvalue weighted by molar-refractivity contribution is 0.0303. The van der Waals surface area contributed by atoms with Crippen LogP contribution < -0.4 is 4.72 Å². The van der Waals surface area contributed by atoms with Crippen molar-refractivity contribution in [2.24, 2.45) is 0 Å². The first kappa shape index (κ1) is 15.8. The molecule has 0 atom stereocenters. The van der Waals surface area contributed by atoms with Crippen LogP contribution in [0.25, 0.3) is 0 Å². The molecule has 112 valence electrons. The number of benzene rings is 1. The molecule has 1 fully saturated rings. The fourth-order valence-corrected chi connectivity index (χ4v) is 3.74. The average molecular weight is 318 g/mol. The van der Waals surface area contributed by atoms with Crippen molar-refractivity contribution in [3.8, 4) is 0 Å². The van der Waals surface area contributed by atoms with Crippen LogP contribution in [-0.2, 0) is 10.0 Å². The second-order valence-corrected chi connectivity index (χ2v) is 7.62. The van der Waals surface area contributed by atoms with Gasteiger partial charge in [-0.2, -0.15) is 0 Å². The molecular weight excluding hydrogens is 298 g/mol. The zero-order chi connectivity index (χ0) is 14.6. The summed E-state index contributed by atoms with van der Waals surface area (Å²) >= 11 is 5.75. The van der Waals surface area contributed by atoms with E-state index >= 15 is 0 Å². The first-order valence-electron chi connectivity index (χ1n) is 6.89. The first-order chi connectivity index (χ1) is 9.41. The fourth-order valence-electron chi connectivity index (χ4n) is 2.49. The Morgan fingerprint density at radius 1 is 1.10 bits per heavy atom. The molecule has 0 amide bonds. The summed E-state index contributed by atoms with van der Waals surface area (Å²) in [4.78, 5) is 0.166. The lowest BCUT2D eigenvalue weighted by Gasteiger charge is -2.26. The van der Waals surface area contributed by atoms with E-state index in [0.29, 0.717) is 17.9 Å². The van der Waals surface area contributed by atoms with Crippen molar-refractivity contribution in [3.05, 3.63) is 29.3 Å². The lowest BCUT2D eigenvalue weighted by atomic mass is 9.95. The van der Waals surface area contributed by atoms with Crippen molar-refractivity contribution in [3.63, 3.8) is 0 Å². The molecule has 0 unspecified atom stereocenters. The van der Waals surface area contributed by atoms with E-state index in [1.165, 1.54) is 24.3 Å². The van der Waals surface area contributed by atoms with Gasteiger partial charge in [-0.05, 0) is 37.1 Å². The van der Waals surface area contributed by atoms with E-state index in [-0.39, 0.29) is 11.4 Å². The minimum atomic E-state index is -3.60. The first-order valence-corrected chi connectivity index (χ1v) is 8.75. The molecule has 20 heavy (non-hydrogen) atoms. The van der Waals surface area contributed by atoms with Gasteiger partial charge in [0.05, 0.1) is 10.5 Å². The molecule has 1 saturated carbocycles. The quantitative estimate of drug-likeness (QED) is 0.839. The fraction of sp³-hybridized carbons (Fsp3) is 0.571. The largest absolute Gasteiger partial charge is 0.389 e. The molecule has 1 aliphatic carbocycles. The van der Waals surface area contributed by atoms with Crippen LogP contribution in [0.3, 0.4) is 0 Å². The smallest absolute Gasteiger partial charge is 0.240 e. The molecular formula is C14H20ClNO3S. The molecule has 0 radical (unpaired) electrons. The van der Waals surface area contributed by atoms with E-state index in [0.717, 1.165) is 25.7 Å². The number of nitrogens with one attached hydrogen (secondary N) is 1. The van der Waals surface area contributed by atoms with Crippen molar-refractivity contribution in [1.29, 1.82) is 0 Å². The molecule has 0 heterocycles. The van der Waals surface area contributed by atoms with Gasteiger partial charge in [0, 0.05) is 11.6 Å². The number of rotatable bonds is 4. The molecule has 2 N–H and O–H groups in total. The van der Waals surface area contributed by atoms with Crippen LogP contribution in [0.1, 0.15) is 38.5 Å². The standard InChI is InChI=1S/C14H20ClNO3S/c15-12-5-7-13(8-6-12)20(18,19)16-11-14(17)9-3-1-2-4-10-14/h5-8,16-17H,1-4,9-11H2. The SMILES string of the molecule is O=S(=O)(NCC1(O)CCCCCC1)c1ccc(Cl)cc1. The Bertz CT molecular complexity index is 534. The van der Waals surface area contributed by atoms with Crippen molar-refractivity contribution >= 4 is 21.6 Å². The molecule has 0 saturated heterocycles. The molecule has 6 heteroatoms. The van der Waals surface area contributed by atoms with Crippen molar-refractivity contribution in [2.45, 2.75) is 49.0 Å². The maximum Gasteiger partial charge on any atom is 0.240 e. The van der Waals surface area contributed by atoms with E-state index in [1.807, 2.05) is 0 Å². The number of hydrogen-bond acceptors (Lipinski definition) is 3. The van der Waals surface area contributed by atoms with Crippen LogP contribution in [-0.4, -0.2) is 25.7 Å². The Hall–Kier alpha value is -0.620. The predicted molar refractivity (Wildman–Crippen MR) is 79.3 cm³/mol. The highest BCUT2D eigenvalue weighted by Gasteiger charge is 2.29. The monoisotopic (exact) mass is 317 g/mol. The van der Waals surface area contributed by atoms with E-state index in [1.54, 1.807) is 0 Å². The van der Waals surface area contributed by atoms with Crippen LogP contribution in [0.5, 0.6) is 0 Å². The minimum Gasteiger partial charge on any atom is -0.389 e. The van der Waals surface area contributed by atoms with E-state index in [4.69, 9.17) is 11.6 Å². The van der Waals surface area contributed by atoms with Crippen molar-refractivity contribution < 1.29 is 13.5 Å². The Labute approximate surface area is 125 Å². The molecule has 0 aromatic heterocycles. The van der Waals surface area contributed by atoms with Crippen molar-refractivity contribution in [1.82, 2.24) is 4.72 Å². The second-order valence-electron chi connectivity index (χ2n) is 5.42. The van der Waals surface area contributed by atoms with E-state index < -0.39 is 15.6 Å². The van der Waals surface area contributed by atoms with Gasteiger partial charge >= 0.3 is 0 Å². The Balaban J connectivity index is 2.03. The maximum atomic E-state index is 12.1. The maximum absolute atomic E-state index is 12.1. The lowest BCUT2D eigenvalue weighted by Crippen LogP contribution is -2.42. The molecule has 1 aromatic carbocycles. The van der Waals surface area contributed by atoms with Crippen LogP contribution in [0.4, 0.5) is 0 Å². The van der Waals surface area contributed by atoms with Gasteiger partial charge in [0.1, 0.15) is 0 Å². The van der Waals surface area contributed by atoms with Gasteiger partial charge in [-0.1, -0.05) is 37.3 Å². The minimum absolute atomic E-state index is 0.0674. The van der Waals surface area contributed by atoms with Gasteiger partial charge in [0.2, 0.25) is 10.0 Å². The molecule has 0 spiro atoms. The Morgan fingerprint density at radius 2 is 1.65 bits per heavy atom. The second kappa shape index (κ2) is 6.43. The Morgan fingerprint density at radius 3 is 2.20 bits per heavy atom. The van der Waals surface area contributed by atoms with E-state index in [9.17, 15) is 13.5 Å². The van der Waals surface area contributed by atoms with Gasteiger partial charge in [0.15, 0.2) is 0 Å². The summed E-state index contributed by atoms with van der Waals surface area (Å²) in [5, 5.41) is 10.9. The molecule has 0 aliphatic heterocycles. The zero-order valence-corrected chi connectivity index (χ0v) is 12.9. The number of sulfonamides is 1. The topological polar surface area (TPSA) is 66.4 Å². The van der Waals surface area contributed by atoms with Crippen molar-refractivity contribution in [2.75, 3.05) is 6.54 Å². The molecule has 1 aliphatic rings. The van der Waals surface area contributed by atoms with Gasteiger partial charge in [-0.25, -0.2) is 13.1 Å². The molecule has 2 rings (SSSR count). The summed E-state index contributed by atoms with van der Waals surface area (Å²) in [5.41, 5.74) is -0.921. The summed E-state index contributed by atoms with van der Waals surface area (Å²) in [7, 11) is -3.60. The number of aliphatic hydroxyl groups is 1. The highest BCUT2D eigenvalue weighted by Crippen LogP contribution is 2.26. The summed E-state index contributed by atoms with van der Waals surface area (Å²) in [6.07, 6.45) is 5.39. The summed E-state index contributed by atoms with van der Waals surface area (Å²) in [6, 6.07) is 6.00. The predicted octanol–water partition coefficient (Wildman–Crippen LogP) is 2.70. The third-order valence-corrected chi connectivity index (χ3v) is 5.42. The third-order valence-electron chi connectivity index (χ3n) is 3.75. The van der Waals surface area contributed by atoms with Crippen LogP contribution >= 0.6 is 11.6 Å². The molecule has 1 aromatic rings. The van der Waals surface area contributed by atoms with Crippen LogP contribution in [0.2, 0.25) is 5.02 Å². The van der Waals surface area contributed by atoms with Gasteiger partial charge in [-0.3, -0.25) is 0 Å². The number of halogens is 1. The highest BCUT2D eigenvalue weighted by molar-refractivity contribution is 7.89. The summed E-state index contributed by atoms with van der Waals surface area (Å²) in [5.74, 6) is 0. The Kier molecular flexibility index (Phi) is 5.07. The summed E-state index contributed by atoms with van der Waals surface area (Å²) < 4.78 is 26.8. The third kappa shape index (κ3) is 4.19. The van der Waals surface area contributed by atoms with Crippen LogP contribution in [0, 0.1) is 0 Å². The van der Waals surface area contributed by atoms with Gasteiger partial charge in [0.25, 0.3) is 0 Å². The zero-order valence-electron chi connectivity index (χ0n) is 11.3. The molecule has 0 bridgehead atoms. The molecule has 4 nitrogen and oxygen atoms in total. The van der Waals surface area contributed by atoms with Gasteiger partial charge in [-0.15, -0.1) is 0 Å². The number of hydrogen-bond donors (Lipinski definition) is 2. The van der Waals surface area contributed by atoms with Gasteiger partial charge < -0.3 is 5.11 Å². The highest BCUT2D eigenvalue weighted by atomic mass is 35.5. The average Bonchev–Trinajstić information content (AvgIpc) is 2.63. The summed E-state index contributed by atoms with van der Waals surface area (Å²) in [6.45, 7) is 0.0674. The van der Waals surface area contributed by atoms with Crippen LogP contribution in [0.15, 0.2) is 29.2 Å².